The first-order valence-electron chi connectivity index (χ1n) is 6.23. The lowest BCUT2D eigenvalue weighted by Crippen LogP contribution is -2.05. The summed E-state index contributed by atoms with van der Waals surface area (Å²) in [5.41, 5.74) is 0.635. The number of hydrogen-bond donors (Lipinski definition) is 0. The zero-order chi connectivity index (χ0) is 15.7. The summed E-state index contributed by atoms with van der Waals surface area (Å²) in [6.45, 7) is 0. The summed E-state index contributed by atoms with van der Waals surface area (Å²) >= 11 is 0. The van der Waals surface area contributed by atoms with Crippen LogP contribution >= 0.6 is 0 Å². The van der Waals surface area contributed by atoms with Crippen LogP contribution in [-0.4, -0.2) is 21.2 Å². The van der Waals surface area contributed by atoms with Crippen LogP contribution in [0.2, 0.25) is 0 Å². The number of aromatic nitrogens is 3. The zero-order valence-electron chi connectivity index (χ0n) is 11.0. The molecule has 2 heterocycles. The quantitative estimate of drug-likeness (QED) is 0.680. The topological polar surface area (TPSA) is 55.7 Å². The van der Waals surface area contributed by atoms with Gasteiger partial charge in [0.05, 0.1) is 16.8 Å². The number of carbonyl (C=O) groups is 1. The van der Waals surface area contributed by atoms with E-state index in [1.807, 2.05) is 0 Å². The highest BCUT2D eigenvalue weighted by atomic mass is 19.4. The summed E-state index contributed by atoms with van der Waals surface area (Å²) < 4.78 is 38.5. The van der Waals surface area contributed by atoms with Crippen LogP contribution in [-0.2, 0) is 6.18 Å². The zero-order valence-corrected chi connectivity index (χ0v) is 11.0. The maximum absolute atomic E-state index is 12.8. The predicted molar refractivity (Wildman–Crippen MR) is 73.2 cm³/mol. The molecule has 2 aromatic heterocycles. The molecule has 0 aliphatic carbocycles. The van der Waals surface area contributed by atoms with Crippen LogP contribution in [0.3, 0.4) is 0 Å². The molecule has 0 fully saturated rings. The average molecular weight is 303 g/mol. The van der Waals surface area contributed by atoms with Gasteiger partial charge in [-0.1, -0.05) is 12.1 Å². The third kappa shape index (κ3) is 2.52. The highest BCUT2D eigenvalue weighted by molar-refractivity contribution is 5.90. The molecule has 0 radical (unpaired) electrons. The number of rotatable bonds is 2. The van der Waals surface area contributed by atoms with Crippen LogP contribution in [0.4, 0.5) is 13.2 Å². The SMILES string of the molecule is O=Cc1ccc2ncnc(-c3cccc(C(F)(F)F)c3)c2n1. The van der Waals surface area contributed by atoms with E-state index in [1.165, 1.54) is 24.5 Å². The van der Waals surface area contributed by atoms with E-state index in [9.17, 15) is 18.0 Å². The molecular formula is C15H8F3N3O. The molecule has 0 aliphatic rings. The smallest absolute Gasteiger partial charge is 0.296 e. The van der Waals surface area contributed by atoms with Crippen LogP contribution in [0.15, 0.2) is 42.7 Å². The van der Waals surface area contributed by atoms with Gasteiger partial charge in [0.15, 0.2) is 6.29 Å². The Balaban J connectivity index is 2.24. The second-order valence-corrected chi connectivity index (χ2v) is 4.52. The third-order valence-electron chi connectivity index (χ3n) is 3.09. The minimum atomic E-state index is -4.44. The largest absolute Gasteiger partial charge is 0.416 e. The van der Waals surface area contributed by atoms with Gasteiger partial charge in [-0.3, -0.25) is 4.79 Å². The van der Waals surface area contributed by atoms with Crippen LogP contribution in [0, 0.1) is 0 Å². The normalized spacial score (nSPS) is 11.6. The average Bonchev–Trinajstić information content (AvgIpc) is 2.53. The third-order valence-corrected chi connectivity index (χ3v) is 3.09. The minimum absolute atomic E-state index is 0.163. The summed E-state index contributed by atoms with van der Waals surface area (Å²) in [4.78, 5) is 22.9. The van der Waals surface area contributed by atoms with Crippen molar-refractivity contribution in [3.8, 4) is 11.3 Å². The number of alkyl halides is 3. The molecule has 22 heavy (non-hydrogen) atoms. The van der Waals surface area contributed by atoms with Crippen molar-refractivity contribution in [1.82, 2.24) is 15.0 Å². The van der Waals surface area contributed by atoms with Crippen molar-refractivity contribution in [2.75, 3.05) is 0 Å². The lowest BCUT2D eigenvalue weighted by Gasteiger charge is -2.09. The van der Waals surface area contributed by atoms with Gasteiger partial charge in [-0.05, 0) is 24.3 Å². The number of halogens is 3. The van der Waals surface area contributed by atoms with Crippen LogP contribution in [0.1, 0.15) is 16.1 Å². The van der Waals surface area contributed by atoms with E-state index < -0.39 is 11.7 Å². The molecule has 4 nitrogen and oxygen atoms in total. The van der Waals surface area contributed by atoms with Gasteiger partial charge in [0.25, 0.3) is 0 Å². The number of benzene rings is 1. The van der Waals surface area contributed by atoms with Gasteiger partial charge >= 0.3 is 6.18 Å². The molecule has 0 atom stereocenters. The van der Waals surface area contributed by atoms with Crippen molar-refractivity contribution in [2.24, 2.45) is 0 Å². The van der Waals surface area contributed by atoms with E-state index in [4.69, 9.17) is 0 Å². The number of fused-ring (bicyclic) bond motifs is 1. The lowest BCUT2D eigenvalue weighted by molar-refractivity contribution is -0.137. The van der Waals surface area contributed by atoms with Crippen LogP contribution in [0.25, 0.3) is 22.3 Å². The molecule has 0 saturated carbocycles. The number of pyridine rings is 1. The second-order valence-electron chi connectivity index (χ2n) is 4.52. The van der Waals surface area contributed by atoms with Gasteiger partial charge in [-0.15, -0.1) is 0 Å². The molecule has 0 bridgehead atoms. The minimum Gasteiger partial charge on any atom is -0.296 e. The first-order chi connectivity index (χ1) is 10.5. The Kier molecular flexibility index (Phi) is 3.32. The first kappa shape index (κ1) is 14.1. The van der Waals surface area contributed by atoms with Crippen molar-refractivity contribution in [1.29, 1.82) is 0 Å². The van der Waals surface area contributed by atoms with Gasteiger partial charge in [0.1, 0.15) is 17.5 Å². The summed E-state index contributed by atoms with van der Waals surface area (Å²) in [7, 11) is 0. The Morgan fingerprint density at radius 1 is 1.05 bits per heavy atom. The molecular weight excluding hydrogens is 295 g/mol. The van der Waals surface area contributed by atoms with E-state index in [2.05, 4.69) is 15.0 Å². The standard InChI is InChI=1S/C15H8F3N3O/c16-15(17,18)10-3-1-2-9(6-10)13-14-12(19-8-20-13)5-4-11(7-22)21-14/h1-8H. The maximum atomic E-state index is 12.8. The molecule has 0 unspecified atom stereocenters. The van der Waals surface area contributed by atoms with E-state index in [1.54, 1.807) is 6.07 Å². The van der Waals surface area contributed by atoms with Gasteiger partial charge in [-0.2, -0.15) is 13.2 Å². The van der Waals surface area contributed by atoms with Gasteiger partial charge < -0.3 is 0 Å². The number of carbonyl (C=O) groups excluding carboxylic acids is 1. The first-order valence-corrected chi connectivity index (χ1v) is 6.23. The van der Waals surface area contributed by atoms with Gasteiger partial charge in [0, 0.05) is 5.56 Å². The maximum Gasteiger partial charge on any atom is 0.416 e. The molecule has 7 heteroatoms. The van der Waals surface area contributed by atoms with Crippen molar-refractivity contribution < 1.29 is 18.0 Å². The van der Waals surface area contributed by atoms with Crippen molar-refractivity contribution in [3.63, 3.8) is 0 Å². The monoisotopic (exact) mass is 303 g/mol. The second kappa shape index (κ2) is 5.18. The highest BCUT2D eigenvalue weighted by Crippen LogP contribution is 2.32. The van der Waals surface area contributed by atoms with Crippen LogP contribution in [0.5, 0.6) is 0 Å². The highest BCUT2D eigenvalue weighted by Gasteiger charge is 2.30. The number of hydrogen-bond acceptors (Lipinski definition) is 4. The van der Waals surface area contributed by atoms with Crippen molar-refractivity contribution in [3.05, 3.63) is 54.0 Å². The Morgan fingerprint density at radius 3 is 2.59 bits per heavy atom. The Hall–Kier alpha value is -2.83. The summed E-state index contributed by atoms with van der Waals surface area (Å²) in [6.07, 6.45) is -2.64. The molecule has 0 aliphatic heterocycles. The summed E-state index contributed by atoms with van der Waals surface area (Å²) in [6, 6.07) is 7.85. The molecule has 110 valence electrons. The Labute approximate surface area is 122 Å². The Bertz CT molecular complexity index is 862. The van der Waals surface area contributed by atoms with E-state index in [0.717, 1.165) is 12.1 Å². The number of nitrogens with zero attached hydrogens (tertiary/aromatic N) is 3. The van der Waals surface area contributed by atoms with E-state index in [0.29, 0.717) is 11.8 Å². The molecule has 3 aromatic rings. The molecule has 1 aromatic carbocycles. The summed E-state index contributed by atoms with van der Waals surface area (Å²) in [5, 5.41) is 0. The van der Waals surface area contributed by atoms with Gasteiger partial charge in [0.2, 0.25) is 0 Å². The number of aldehydes is 1. The van der Waals surface area contributed by atoms with Gasteiger partial charge in [-0.25, -0.2) is 15.0 Å². The molecule has 0 amide bonds. The Morgan fingerprint density at radius 2 is 1.86 bits per heavy atom. The van der Waals surface area contributed by atoms with E-state index in [-0.39, 0.29) is 22.5 Å². The van der Waals surface area contributed by atoms with E-state index >= 15 is 0 Å². The van der Waals surface area contributed by atoms with Crippen molar-refractivity contribution in [2.45, 2.75) is 6.18 Å². The van der Waals surface area contributed by atoms with Crippen LogP contribution < -0.4 is 0 Å². The molecule has 0 spiro atoms. The fourth-order valence-corrected chi connectivity index (χ4v) is 2.07. The lowest BCUT2D eigenvalue weighted by atomic mass is 10.1. The predicted octanol–water partition coefficient (Wildman–Crippen LogP) is 3.52. The molecule has 0 N–H and O–H groups in total. The molecule has 0 saturated heterocycles. The fraction of sp³-hybridized carbons (Fsp3) is 0.0667. The fourth-order valence-electron chi connectivity index (χ4n) is 2.07. The molecule has 3 rings (SSSR count). The van der Waals surface area contributed by atoms with Crippen molar-refractivity contribution >= 4 is 17.3 Å². The summed E-state index contributed by atoms with van der Waals surface area (Å²) in [5.74, 6) is 0.